The predicted molar refractivity (Wildman–Crippen MR) is 74.0 cm³/mol. The number of hydrogen-bond acceptors (Lipinski definition) is 4. The smallest absolute Gasteiger partial charge is 0.244 e. The van der Waals surface area contributed by atoms with E-state index in [1.54, 1.807) is 17.5 Å². The van der Waals surface area contributed by atoms with Gasteiger partial charge in [-0.25, -0.2) is 4.79 Å². The average Bonchev–Trinajstić information content (AvgIpc) is 3.09. The van der Waals surface area contributed by atoms with E-state index in [9.17, 15) is 18.0 Å². The van der Waals surface area contributed by atoms with Crippen molar-refractivity contribution in [2.24, 2.45) is 0 Å². The molecule has 0 bridgehead atoms. The first-order chi connectivity index (χ1) is 10.5. The van der Waals surface area contributed by atoms with Gasteiger partial charge in [-0.05, 0) is 39.6 Å². The van der Waals surface area contributed by atoms with Crippen molar-refractivity contribution >= 4 is 11.3 Å². The third kappa shape index (κ3) is 2.67. The van der Waals surface area contributed by atoms with Gasteiger partial charge in [0.2, 0.25) is 0 Å². The van der Waals surface area contributed by atoms with E-state index >= 15 is 0 Å². The highest BCUT2D eigenvalue weighted by Crippen LogP contribution is 2.31. The molecule has 0 N–H and O–H groups in total. The summed E-state index contributed by atoms with van der Waals surface area (Å²) >= 11 is 1.28. The summed E-state index contributed by atoms with van der Waals surface area (Å²) < 4.78 is 40.8. The number of alkyl halides is 3. The summed E-state index contributed by atoms with van der Waals surface area (Å²) in [6.07, 6.45) is -4.48. The Kier molecular flexibility index (Phi) is 3.57. The molecule has 0 amide bonds. The minimum absolute atomic E-state index is 0.0321. The Morgan fingerprint density at radius 3 is 2.55 bits per heavy atom. The van der Waals surface area contributed by atoms with Crippen molar-refractivity contribution < 1.29 is 13.2 Å². The molecule has 0 atom stereocenters. The Morgan fingerprint density at radius 2 is 1.86 bits per heavy atom. The molecule has 22 heavy (non-hydrogen) atoms. The minimum atomic E-state index is -4.48. The lowest BCUT2D eigenvalue weighted by molar-refractivity contribution is -0.138. The number of hydrogen-bond donors (Lipinski definition) is 0. The van der Waals surface area contributed by atoms with Gasteiger partial charge in [0.25, 0.3) is 0 Å². The topological polar surface area (TPSA) is 52.7 Å². The van der Waals surface area contributed by atoms with Gasteiger partial charge in [-0.15, -0.1) is 11.3 Å². The zero-order chi connectivity index (χ0) is 15.7. The second-order valence-electron chi connectivity index (χ2n) is 4.44. The molecule has 2 heterocycles. The Bertz CT molecular complexity index is 836. The molecule has 9 heteroatoms. The molecule has 0 unspecified atom stereocenters. The molecule has 2 aromatic heterocycles. The van der Waals surface area contributed by atoms with Crippen molar-refractivity contribution in [1.82, 2.24) is 19.8 Å². The van der Waals surface area contributed by atoms with Gasteiger partial charge < -0.3 is 0 Å². The molecule has 1 aromatic carbocycles. The van der Waals surface area contributed by atoms with Crippen molar-refractivity contribution in [2.75, 3.05) is 0 Å². The van der Waals surface area contributed by atoms with Crippen LogP contribution < -0.4 is 5.69 Å². The maximum Gasteiger partial charge on any atom is 0.416 e. The summed E-state index contributed by atoms with van der Waals surface area (Å²) in [6, 6.07) is 8.50. The summed E-state index contributed by atoms with van der Waals surface area (Å²) in [5.74, 6) is 0. The van der Waals surface area contributed by atoms with Crippen LogP contribution in [0.3, 0.4) is 0 Å². The molecule has 0 aliphatic heterocycles. The van der Waals surface area contributed by atoms with Crippen molar-refractivity contribution in [3.05, 3.63) is 63.4 Å². The zero-order valence-corrected chi connectivity index (χ0v) is 11.8. The zero-order valence-electron chi connectivity index (χ0n) is 11.0. The molecule has 0 spiro atoms. The second kappa shape index (κ2) is 5.41. The van der Waals surface area contributed by atoms with Crippen LogP contribution >= 0.6 is 11.3 Å². The Hall–Kier alpha value is -2.42. The van der Waals surface area contributed by atoms with Gasteiger partial charge in [-0.1, -0.05) is 18.2 Å². The highest BCUT2D eigenvalue weighted by molar-refractivity contribution is 7.12. The number of benzene rings is 1. The number of halogens is 3. The van der Waals surface area contributed by atoms with Crippen molar-refractivity contribution in [1.29, 1.82) is 0 Å². The molecule has 0 saturated heterocycles. The van der Waals surface area contributed by atoms with Crippen LogP contribution in [-0.4, -0.2) is 19.8 Å². The van der Waals surface area contributed by atoms with E-state index in [-0.39, 0.29) is 12.1 Å². The van der Waals surface area contributed by atoms with Gasteiger partial charge in [0.05, 0.1) is 12.1 Å². The molecule has 5 nitrogen and oxygen atoms in total. The normalized spacial score (nSPS) is 11.8. The standard InChI is InChI=1S/C13H9F3N4OS/c14-13(15,16)10-5-2-1-4-9(10)8-19-12(21)20(18-17-19)11-6-3-7-22-11/h1-7H,8H2. The van der Waals surface area contributed by atoms with Crippen LogP contribution in [0.1, 0.15) is 11.1 Å². The fourth-order valence-electron chi connectivity index (χ4n) is 2.00. The Labute approximate surface area is 126 Å². The van der Waals surface area contributed by atoms with Crippen molar-refractivity contribution in [3.63, 3.8) is 0 Å². The number of rotatable bonds is 3. The summed E-state index contributed by atoms with van der Waals surface area (Å²) in [7, 11) is 0. The molecule has 114 valence electrons. The molecule has 0 fully saturated rings. The van der Waals surface area contributed by atoms with Crippen LogP contribution in [0.25, 0.3) is 5.00 Å². The fourth-order valence-corrected chi connectivity index (χ4v) is 2.67. The van der Waals surface area contributed by atoms with E-state index in [0.29, 0.717) is 5.00 Å². The van der Waals surface area contributed by atoms with E-state index < -0.39 is 17.4 Å². The highest BCUT2D eigenvalue weighted by Gasteiger charge is 2.33. The van der Waals surface area contributed by atoms with E-state index in [1.165, 1.54) is 29.5 Å². The molecule has 0 aliphatic rings. The van der Waals surface area contributed by atoms with E-state index in [0.717, 1.165) is 15.4 Å². The summed E-state index contributed by atoms with van der Waals surface area (Å²) in [5, 5.41) is 9.66. The first-order valence-corrected chi connectivity index (χ1v) is 7.06. The average molecular weight is 326 g/mol. The van der Waals surface area contributed by atoms with Crippen LogP contribution in [-0.2, 0) is 12.7 Å². The first kappa shape index (κ1) is 14.5. The second-order valence-corrected chi connectivity index (χ2v) is 5.36. The quantitative estimate of drug-likeness (QED) is 0.743. The summed E-state index contributed by atoms with van der Waals surface area (Å²) in [4.78, 5) is 12.2. The van der Waals surface area contributed by atoms with Crippen LogP contribution in [0.4, 0.5) is 13.2 Å². The summed E-state index contributed by atoms with van der Waals surface area (Å²) in [5.41, 5.74) is -1.40. The van der Waals surface area contributed by atoms with Crippen LogP contribution in [0.5, 0.6) is 0 Å². The molecular formula is C13H9F3N4OS. The van der Waals surface area contributed by atoms with Crippen LogP contribution in [0.2, 0.25) is 0 Å². The molecule has 3 rings (SSSR count). The van der Waals surface area contributed by atoms with Gasteiger partial charge in [0, 0.05) is 0 Å². The lowest BCUT2D eigenvalue weighted by atomic mass is 10.1. The monoisotopic (exact) mass is 326 g/mol. The molecule has 0 radical (unpaired) electrons. The number of thiophene rings is 1. The maximum absolute atomic E-state index is 13.0. The third-order valence-corrected chi connectivity index (χ3v) is 3.84. The van der Waals surface area contributed by atoms with E-state index in [2.05, 4.69) is 10.4 Å². The SMILES string of the molecule is O=c1n(Cc2ccccc2C(F)(F)F)nnn1-c1cccs1. The number of nitrogens with zero attached hydrogens (tertiary/aromatic N) is 4. The van der Waals surface area contributed by atoms with Gasteiger partial charge in [0.1, 0.15) is 5.00 Å². The van der Waals surface area contributed by atoms with Gasteiger partial charge in [0.15, 0.2) is 0 Å². The van der Waals surface area contributed by atoms with E-state index in [1.807, 2.05) is 0 Å². The van der Waals surface area contributed by atoms with Gasteiger partial charge in [-0.2, -0.15) is 22.5 Å². The maximum atomic E-state index is 13.0. The molecule has 3 aromatic rings. The fraction of sp³-hybridized carbons (Fsp3) is 0.154. The molecule has 0 aliphatic carbocycles. The van der Waals surface area contributed by atoms with Crippen LogP contribution in [0, 0.1) is 0 Å². The van der Waals surface area contributed by atoms with Gasteiger partial charge >= 0.3 is 11.9 Å². The lowest BCUT2D eigenvalue weighted by Gasteiger charge is -2.11. The minimum Gasteiger partial charge on any atom is -0.244 e. The van der Waals surface area contributed by atoms with Crippen molar-refractivity contribution in [3.8, 4) is 5.00 Å². The van der Waals surface area contributed by atoms with Crippen molar-refractivity contribution in [2.45, 2.75) is 12.7 Å². The molecule has 0 saturated carbocycles. The van der Waals surface area contributed by atoms with Crippen LogP contribution in [0.15, 0.2) is 46.6 Å². The Balaban J connectivity index is 1.98. The number of tetrazole rings is 1. The lowest BCUT2D eigenvalue weighted by Crippen LogP contribution is -2.25. The number of aromatic nitrogens is 4. The van der Waals surface area contributed by atoms with Gasteiger partial charge in [-0.3, -0.25) is 0 Å². The van der Waals surface area contributed by atoms with E-state index in [4.69, 9.17) is 0 Å². The predicted octanol–water partition coefficient (Wildman–Crippen LogP) is 2.56. The summed E-state index contributed by atoms with van der Waals surface area (Å²) in [6.45, 7) is -0.292. The molecular weight excluding hydrogens is 317 g/mol. The Morgan fingerprint density at radius 1 is 1.09 bits per heavy atom. The largest absolute Gasteiger partial charge is 0.416 e. The highest BCUT2D eigenvalue weighted by atomic mass is 32.1. The third-order valence-electron chi connectivity index (χ3n) is 3.00. The first-order valence-electron chi connectivity index (χ1n) is 6.18.